The number of nitrogens with one attached hydrogen (secondary N) is 1. The summed E-state index contributed by atoms with van der Waals surface area (Å²) in [6.07, 6.45) is 0.383. The van der Waals surface area contributed by atoms with E-state index in [9.17, 15) is 4.79 Å². The Balaban J connectivity index is 1.63. The molecule has 30 heavy (non-hydrogen) atoms. The van der Waals surface area contributed by atoms with Crippen LogP contribution in [0.5, 0.6) is 5.75 Å². The summed E-state index contributed by atoms with van der Waals surface area (Å²) in [5.41, 5.74) is 5.12. The number of aryl methyl sites for hydroxylation is 2. The van der Waals surface area contributed by atoms with Crippen LogP contribution in [0.25, 0.3) is 15.3 Å². The van der Waals surface area contributed by atoms with Gasteiger partial charge in [0.15, 0.2) is 0 Å². The van der Waals surface area contributed by atoms with Crippen LogP contribution in [0.15, 0.2) is 42.5 Å². The highest BCUT2D eigenvalue weighted by Gasteiger charge is 2.33. The number of carbonyl (C=O) groups excluding carboxylic acids is 1. The maximum absolute atomic E-state index is 12.6. The average Bonchev–Trinajstić information content (AvgIpc) is 3.28. The Hall–Kier alpha value is -3.19. The van der Waals surface area contributed by atoms with Gasteiger partial charge in [-0.15, -0.1) is 0 Å². The number of benzene rings is 2. The molecule has 0 saturated carbocycles. The van der Waals surface area contributed by atoms with E-state index in [-0.39, 0.29) is 11.8 Å². The summed E-state index contributed by atoms with van der Waals surface area (Å²) >= 11 is 1.58. The van der Waals surface area contributed by atoms with Gasteiger partial charge in [-0.25, -0.2) is 4.98 Å². The number of ether oxygens (including phenoxy) is 1. The molecule has 2 aromatic carbocycles. The Bertz CT molecular complexity index is 1270. The van der Waals surface area contributed by atoms with E-state index in [0.717, 1.165) is 37.9 Å². The molecule has 0 saturated heterocycles. The van der Waals surface area contributed by atoms with Gasteiger partial charge in [0.25, 0.3) is 0 Å². The SMILES string of the molecule is CCOc1cccc([C@@H]2CC(=O)Nc3c2c(C)nn3-c2nc3ccc(C)cc3s2)c1. The number of amides is 1. The van der Waals surface area contributed by atoms with Gasteiger partial charge in [0.1, 0.15) is 11.6 Å². The van der Waals surface area contributed by atoms with Gasteiger partial charge in [0, 0.05) is 17.9 Å². The van der Waals surface area contributed by atoms with E-state index in [1.165, 1.54) is 5.56 Å². The third kappa shape index (κ3) is 3.15. The molecular formula is C23H22N4O2S. The predicted octanol–water partition coefficient (Wildman–Crippen LogP) is 4.97. The molecule has 1 N–H and O–H groups in total. The molecule has 1 amide bonds. The highest BCUT2D eigenvalue weighted by molar-refractivity contribution is 7.20. The smallest absolute Gasteiger partial charge is 0.226 e. The molecule has 3 heterocycles. The van der Waals surface area contributed by atoms with E-state index in [1.807, 2.05) is 44.2 Å². The molecule has 2 aromatic heterocycles. The molecule has 6 nitrogen and oxygen atoms in total. The van der Waals surface area contributed by atoms with Crippen LogP contribution in [0.1, 0.15) is 41.6 Å². The van der Waals surface area contributed by atoms with Gasteiger partial charge in [-0.1, -0.05) is 29.5 Å². The predicted molar refractivity (Wildman–Crippen MR) is 119 cm³/mol. The summed E-state index contributed by atoms with van der Waals surface area (Å²) < 4.78 is 8.56. The normalized spacial score (nSPS) is 15.8. The number of carbonyl (C=O) groups is 1. The molecule has 1 aliphatic heterocycles. The molecule has 0 bridgehead atoms. The lowest BCUT2D eigenvalue weighted by Gasteiger charge is -2.24. The Kier molecular flexibility index (Phi) is 4.55. The molecule has 152 valence electrons. The van der Waals surface area contributed by atoms with Crippen LogP contribution in [0.4, 0.5) is 5.82 Å². The summed E-state index contributed by atoms with van der Waals surface area (Å²) in [5.74, 6) is 1.44. The lowest BCUT2D eigenvalue weighted by molar-refractivity contribution is -0.116. The van der Waals surface area contributed by atoms with Gasteiger partial charge >= 0.3 is 0 Å². The van der Waals surface area contributed by atoms with Gasteiger partial charge < -0.3 is 10.1 Å². The summed E-state index contributed by atoms with van der Waals surface area (Å²) in [7, 11) is 0. The Morgan fingerprint density at radius 3 is 2.93 bits per heavy atom. The van der Waals surface area contributed by atoms with Gasteiger partial charge in [0.05, 0.1) is 22.5 Å². The first-order valence-electron chi connectivity index (χ1n) is 10.0. The minimum absolute atomic E-state index is 0.0209. The highest BCUT2D eigenvalue weighted by Crippen LogP contribution is 2.41. The van der Waals surface area contributed by atoms with Gasteiger partial charge in [-0.3, -0.25) is 4.79 Å². The Morgan fingerprint density at radius 2 is 2.10 bits per heavy atom. The van der Waals surface area contributed by atoms with E-state index < -0.39 is 0 Å². The first kappa shape index (κ1) is 18.8. The fourth-order valence-electron chi connectivity index (χ4n) is 4.07. The summed E-state index contributed by atoms with van der Waals surface area (Å²) in [5, 5.41) is 8.56. The second-order valence-corrected chi connectivity index (χ2v) is 8.55. The van der Waals surface area contributed by atoms with Crippen LogP contribution in [-0.2, 0) is 4.79 Å². The van der Waals surface area contributed by atoms with Crippen molar-refractivity contribution >= 4 is 33.3 Å². The van der Waals surface area contributed by atoms with Crippen molar-refractivity contribution in [2.45, 2.75) is 33.1 Å². The number of anilines is 1. The average molecular weight is 419 g/mol. The fourth-order valence-corrected chi connectivity index (χ4v) is 5.09. The van der Waals surface area contributed by atoms with Crippen molar-refractivity contribution in [3.05, 3.63) is 64.8 Å². The van der Waals surface area contributed by atoms with Crippen LogP contribution in [0, 0.1) is 13.8 Å². The first-order chi connectivity index (χ1) is 14.5. The minimum atomic E-state index is -0.0699. The molecule has 7 heteroatoms. The molecular weight excluding hydrogens is 396 g/mol. The summed E-state index contributed by atoms with van der Waals surface area (Å²) in [6, 6.07) is 14.2. The summed E-state index contributed by atoms with van der Waals surface area (Å²) in [4.78, 5) is 17.4. The topological polar surface area (TPSA) is 69.0 Å². The molecule has 0 aliphatic carbocycles. The van der Waals surface area contributed by atoms with E-state index in [2.05, 4.69) is 24.4 Å². The molecule has 4 aromatic rings. The van der Waals surface area contributed by atoms with Crippen molar-refractivity contribution in [3.8, 4) is 10.9 Å². The van der Waals surface area contributed by atoms with E-state index in [4.69, 9.17) is 14.8 Å². The standard InChI is InChI=1S/C23H22N4O2S/c1-4-29-16-7-5-6-15(11-16)17-12-20(28)25-22-21(17)14(3)26-27(22)23-24-18-9-8-13(2)10-19(18)30-23/h5-11,17H,4,12H2,1-3H3,(H,25,28)/t17-/m0/s1. The molecule has 1 atom stereocenters. The van der Waals surface area contributed by atoms with Gasteiger partial charge in [-0.2, -0.15) is 9.78 Å². The quantitative estimate of drug-likeness (QED) is 0.508. The van der Waals surface area contributed by atoms with Crippen LogP contribution < -0.4 is 10.1 Å². The second-order valence-electron chi connectivity index (χ2n) is 7.54. The minimum Gasteiger partial charge on any atom is -0.494 e. The van der Waals surface area contributed by atoms with Crippen molar-refractivity contribution in [1.82, 2.24) is 14.8 Å². The molecule has 0 spiro atoms. The lowest BCUT2D eigenvalue weighted by atomic mass is 9.86. The lowest BCUT2D eigenvalue weighted by Crippen LogP contribution is -2.25. The third-order valence-corrected chi connectivity index (χ3v) is 6.38. The molecule has 5 rings (SSSR count). The van der Waals surface area contributed by atoms with Gasteiger partial charge in [-0.05, 0) is 56.2 Å². The van der Waals surface area contributed by atoms with Crippen molar-refractivity contribution in [1.29, 1.82) is 0 Å². The number of nitrogens with zero attached hydrogens (tertiary/aromatic N) is 3. The third-order valence-electron chi connectivity index (χ3n) is 5.39. The van der Waals surface area contributed by atoms with Crippen LogP contribution >= 0.6 is 11.3 Å². The first-order valence-corrected chi connectivity index (χ1v) is 10.8. The van der Waals surface area contributed by atoms with E-state index >= 15 is 0 Å². The zero-order valence-corrected chi connectivity index (χ0v) is 17.9. The number of hydrogen-bond acceptors (Lipinski definition) is 5. The molecule has 1 aliphatic rings. The number of rotatable bonds is 4. The van der Waals surface area contributed by atoms with Gasteiger partial charge in [0.2, 0.25) is 11.0 Å². The van der Waals surface area contributed by atoms with Crippen molar-refractivity contribution in [2.75, 3.05) is 11.9 Å². The zero-order valence-electron chi connectivity index (χ0n) is 17.1. The van der Waals surface area contributed by atoms with Crippen molar-refractivity contribution in [2.24, 2.45) is 0 Å². The highest BCUT2D eigenvalue weighted by atomic mass is 32.1. The number of hydrogen-bond donors (Lipinski definition) is 1. The molecule has 0 unspecified atom stereocenters. The second kappa shape index (κ2) is 7.25. The monoisotopic (exact) mass is 418 g/mol. The Morgan fingerprint density at radius 1 is 1.23 bits per heavy atom. The van der Waals surface area contributed by atoms with Crippen LogP contribution in [-0.4, -0.2) is 27.3 Å². The molecule has 0 fully saturated rings. The van der Waals surface area contributed by atoms with E-state index in [0.29, 0.717) is 18.8 Å². The van der Waals surface area contributed by atoms with Crippen LogP contribution in [0.2, 0.25) is 0 Å². The summed E-state index contributed by atoms with van der Waals surface area (Å²) in [6.45, 7) is 6.63. The van der Waals surface area contributed by atoms with Crippen molar-refractivity contribution in [3.63, 3.8) is 0 Å². The van der Waals surface area contributed by atoms with E-state index in [1.54, 1.807) is 16.0 Å². The number of fused-ring (bicyclic) bond motifs is 2. The fraction of sp³-hybridized carbons (Fsp3) is 0.261. The van der Waals surface area contributed by atoms with Crippen LogP contribution in [0.3, 0.4) is 0 Å². The number of thiazole rings is 1. The Labute approximate surface area is 178 Å². The largest absolute Gasteiger partial charge is 0.494 e. The zero-order chi connectivity index (χ0) is 20.8. The maximum Gasteiger partial charge on any atom is 0.226 e. The van der Waals surface area contributed by atoms with Crippen molar-refractivity contribution < 1.29 is 9.53 Å². The molecule has 0 radical (unpaired) electrons. The maximum atomic E-state index is 12.6. The number of aromatic nitrogens is 3.